The average molecular weight is 470 g/mol. The van der Waals surface area contributed by atoms with Gasteiger partial charge in [0.25, 0.3) is 5.91 Å². The van der Waals surface area contributed by atoms with Crippen molar-refractivity contribution in [2.45, 2.75) is 40.5 Å². The highest BCUT2D eigenvalue weighted by Gasteiger charge is 2.34. The van der Waals surface area contributed by atoms with Gasteiger partial charge in [-0.2, -0.15) is 0 Å². The molecule has 1 saturated heterocycles. The number of hydrogen-bond acceptors (Lipinski definition) is 4. The number of nitrogens with one attached hydrogen (secondary N) is 1. The lowest BCUT2D eigenvalue weighted by atomic mass is 9.69. The van der Waals surface area contributed by atoms with Gasteiger partial charge in [0.15, 0.2) is 0 Å². The monoisotopic (exact) mass is 469 g/mol. The van der Waals surface area contributed by atoms with Crippen molar-refractivity contribution in [2.75, 3.05) is 39.8 Å². The van der Waals surface area contributed by atoms with Gasteiger partial charge >= 0.3 is 0 Å². The topological polar surface area (TPSA) is 79.0 Å². The Hall–Kier alpha value is -2.83. The smallest absolute Gasteiger partial charge is 0.251 e. The molecular formula is C27H39N3O4. The Bertz CT molecular complexity index is 901. The summed E-state index contributed by atoms with van der Waals surface area (Å²) in [4.78, 5) is 40.9. The zero-order valence-corrected chi connectivity index (χ0v) is 21.2. The SMILES string of the molecule is COc1ccc(C(=O)NCC2C=C(C)C(CC(=O)N3CCN(C(C)=O)CC3)CC2C(C)C)cc1. The van der Waals surface area contributed by atoms with Gasteiger partial charge in [-0.05, 0) is 61.3 Å². The molecule has 1 aliphatic heterocycles. The van der Waals surface area contributed by atoms with Gasteiger partial charge in [-0.15, -0.1) is 0 Å². The van der Waals surface area contributed by atoms with Crippen LogP contribution in [0.1, 0.15) is 50.9 Å². The van der Waals surface area contributed by atoms with E-state index in [0.29, 0.717) is 56.5 Å². The van der Waals surface area contributed by atoms with E-state index in [-0.39, 0.29) is 29.6 Å². The summed E-state index contributed by atoms with van der Waals surface area (Å²) in [6, 6.07) is 7.12. The van der Waals surface area contributed by atoms with Crippen LogP contribution in [0.15, 0.2) is 35.9 Å². The average Bonchev–Trinajstić information content (AvgIpc) is 2.83. The van der Waals surface area contributed by atoms with Crippen LogP contribution in [-0.4, -0.2) is 67.4 Å². The molecule has 0 saturated carbocycles. The van der Waals surface area contributed by atoms with E-state index in [9.17, 15) is 14.4 Å². The molecule has 34 heavy (non-hydrogen) atoms. The molecule has 3 atom stereocenters. The maximum atomic E-state index is 13.0. The minimum Gasteiger partial charge on any atom is -0.497 e. The van der Waals surface area contributed by atoms with E-state index in [4.69, 9.17) is 4.74 Å². The number of hydrogen-bond donors (Lipinski definition) is 1. The van der Waals surface area contributed by atoms with E-state index < -0.39 is 0 Å². The molecule has 7 nitrogen and oxygen atoms in total. The molecule has 0 spiro atoms. The Balaban J connectivity index is 1.59. The fourth-order valence-corrected chi connectivity index (χ4v) is 5.17. The number of piperazine rings is 1. The highest BCUT2D eigenvalue weighted by atomic mass is 16.5. The van der Waals surface area contributed by atoms with Crippen molar-refractivity contribution in [2.24, 2.45) is 23.7 Å². The Morgan fingerprint density at radius 1 is 1.06 bits per heavy atom. The van der Waals surface area contributed by atoms with E-state index in [1.165, 1.54) is 5.57 Å². The van der Waals surface area contributed by atoms with Crippen LogP contribution in [-0.2, 0) is 9.59 Å². The fourth-order valence-electron chi connectivity index (χ4n) is 5.17. The van der Waals surface area contributed by atoms with Crippen molar-refractivity contribution >= 4 is 17.7 Å². The molecule has 0 bridgehead atoms. The summed E-state index contributed by atoms with van der Waals surface area (Å²) in [6.45, 7) is 11.2. The molecule has 0 aromatic heterocycles. The number of amides is 3. The number of ether oxygens (including phenoxy) is 1. The van der Waals surface area contributed by atoms with Crippen LogP contribution < -0.4 is 10.1 Å². The number of benzene rings is 1. The second-order valence-corrected chi connectivity index (χ2v) is 9.94. The first-order valence-electron chi connectivity index (χ1n) is 12.3. The number of carbonyl (C=O) groups is 3. The molecule has 1 aromatic carbocycles. The van der Waals surface area contributed by atoms with Crippen LogP contribution in [0.3, 0.4) is 0 Å². The highest BCUT2D eigenvalue weighted by Crippen LogP contribution is 2.39. The minimum absolute atomic E-state index is 0.0723. The third kappa shape index (κ3) is 6.39. The molecule has 7 heteroatoms. The number of methoxy groups -OCH3 is 1. The molecule has 1 fully saturated rings. The van der Waals surface area contributed by atoms with Gasteiger partial charge in [0.2, 0.25) is 11.8 Å². The molecule has 3 rings (SSSR count). The van der Waals surface area contributed by atoms with E-state index in [0.717, 1.165) is 12.2 Å². The number of rotatable bonds is 7. The number of nitrogens with zero attached hydrogens (tertiary/aromatic N) is 2. The van der Waals surface area contributed by atoms with Gasteiger partial charge in [0.1, 0.15) is 5.75 Å². The van der Waals surface area contributed by atoms with Gasteiger partial charge in [-0.3, -0.25) is 14.4 Å². The molecular weight excluding hydrogens is 430 g/mol. The lowest BCUT2D eigenvalue weighted by Crippen LogP contribution is -2.50. The standard InChI is InChI=1S/C27H39N3O4/c1-18(2)25-15-22(16-26(32)30-12-10-29(11-13-30)20(4)31)19(3)14-23(25)17-28-27(33)21-6-8-24(34-5)9-7-21/h6-9,14,18,22-23,25H,10-13,15-17H2,1-5H3,(H,28,33). The van der Waals surface area contributed by atoms with Gasteiger partial charge in [-0.1, -0.05) is 25.5 Å². The summed E-state index contributed by atoms with van der Waals surface area (Å²) in [5, 5.41) is 3.10. The van der Waals surface area contributed by atoms with Crippen molar-refractivity contribution < 1.29 is 19.1 Å². The maximum Gasteiger partial charge on any atom is 0.251 e. The van der Waals surface area contributed by atoms with Crippen molar-refractivity contribution in [3.05, 3.63) is 41.5 Å². The van der Waals surface area contributed by atoms with Crippen molar-refractivity contribution in [3.63, 3.8) is 0 Å². The van der Waals surface area contributed by atoms with Crippen LogP contribution >= 0.6 is 0 Å². The van der Waals surface area contributed by atoms with Gasteiger partial charge < -0.3 is 19.9 Å². The summed E-state index contributed by atoms with van der Waals surface area (Å²) in [7, 11) is 1.61. The van der Waals surface area contributed by atoms with Crippen molar-refractivity contribution in [1.82, 2.24) is 15.1 Å². The summed E-state index contributed by atoms with van der Waals surface area (Å²) >= 11 is 0. The van der Waals surface area contributed by atoms with E-state index in [2.05, 4.69) is 32.2 Å². The first-order valence-corrected chi connectivity index (χ1v) is 12.3. The maximum absolute atomic E-state index is 13.0. The Morgan fingerprint density at radius 3 is 2.24 bits per heavy atom. The Kier molecular flexibility index (Phi) is 8.75. The Morgan fingerprint density at radius 2 is 1.68 bits per heavy atom. The molecule has 1 aliphatic carbocycles. The summed E-state index contributed by atoms with van der Waals surface area (Å²) in [5.41, 5.74) is 1.85. The van der Waals surface area contributed by atoms with Gasteiger partial charge in [0.05, 0.1) is 7.11 Å². The second kappa shape index (κ2) is 11.5. The predicted octanol–water partition coefficient (Wildman–Crippen LogP) is 3.36. The highest BCUT2D eigenvalue weighted by molar-refractivity contribution is 5.94. The van der Waals surface area contributed by atoms with E-state index in [1.54, 1.807) is 43.2 Å². The van der Waals surface area contributed by atoms with Gasteiger partial charge in [0, 0.05) is 51.6 Å². The summed E-state index contributed by atoms with van der Waals surface area (Å²) in [5.74, 6) is 2.20. The molecule has 186 valence electrons. The zero-order valence-electron chi connectivity index (χ0n) is 21.2. The molecule has 0 radical (unpaired) electrons. The third-order valence-corrected chi connectivity index (χ3v) is 7.43. The quantitative estimate of drug-likeness (QED) is 0.621. The lowest BCUT2D eigenvalue weighted by molar-refractivity contribution is -0.139. The summed E-state index contributed by atoms with van der Waals surface area (Å²) in [6.07, 6.45) is 3.73. The van der Waals surface area contributed by atoms with E-state index in [1.807, 2.05) is 4.90 Å². The molecule has 2 aliphatic rings. The van der Waals surface area contributed by atoms with Crippen LogP contribution in [0.4, 0.5) is 0 Å². The largest absolute Gasteiger partial charge is 0.497 e. The van der Waals surface area contributed by atoms with Gasteiger partial charge in [-0.25, -0.2) is 0 Å². The van der Waals surface area contributed by atoms with Crippen LogP contribution in [0, 0.1) is 23.7 Å². The van der Waals surface area contributed by atoms with E-state index >= 15 is 0 Å². The van der Waals surface area contributed by atoms with Crippen LogP contribution in [0.2, 0.25) is 0 Å². The number of allylic oxidation sites excluding steroid dienone is 1. The van der Waals surface area contributed by atoms with Crippen molar-refractivity contribution in [1.29, 1.82) is 0 Å². The zero-order chi connectivity index (χ0) is 24.8. The predicted molar refractivity (Wildman–Crippen MR) is 132 cm³/mol. The first kappa shape index (κ1) is 25.8. The molecule has 1 aromatic rings. The molecule has 1 heterocycles. The number of carbonyl (C=O) groups excluding carboxylic acids is 3. The second-order valence-electron chi connectivity index (χ2n) is 9.94. The fraction of sp³-hybridized carbons (Fsp3) is 0.593. The molecule has 3 amide bonds. The normalized spacial score (nSPS) is 22.9. The minimum atomic E-state index is -0.0850. The summed E-state index contributed by atoms with van der Waals surface area (Å²) < 4.78 is 5.16. The van der Waals surface area contributed by atoms with Crippen LogP contribution in [0.25, 0.3) is 0 Å². The Labute approximate surface area is 203 Å². The van der Waals surface area contributed by atoms with Crippen molar-refractivity contribution in [3.8, 4) is 5.75 Å². The molecule has 1 N–H and O–H groups in total. The third-order valence-electron chi connectivity index (χ3n) is 7.43. The van der Waals surface area contributed by atoms with Crippen LogP contribution in [0.5, 0.6) is 5.75 Å². The molecule has 3 unspecified atom stereocenters. The lowest BCUT2D eigenvalue weighted by Gasteiger charge is -2.39. The first-order chi connectivity index (χ1) is 16.2.